The van der Waals surface area contributed by atoms with Crippen LogP contribution in [0.2, 0.25) is 0 Å². The number of aryl methyl sites for hydroxylation is 2. The number of hydrogen-bond donors (Lipinski definition) is 0. The van der Waals surface area contributed by atoms with Gasteiger partial charge in [0.1, 0.15) is 5.75 Å². The van der Waals surface area contributed by atoms with E-state index >= 15 is 0 Å². The molecule has 0 saturated carbocycles. The Morgan fingerprint density at radius 1 is 1.23 bits per heavy atom. The Balaban J connectivity index is 1.82. The van der Waals surface area contributed by atoms with Crippen molar-refractivity contribution in [1.82, 2.24) is 14.3 Å². The monoisotopic (exact) mass is 295 g/mol. The SMILES string of the molecule is COc1ccc2ccc(=O)n(Cc3cc4n(n3)CCC4)c2c1. The summed E-state index contributed by atoms with van der Waals surface area (Å²) in [7, 11) is 1.63. The van der Waals surface area contributed by atoms with Gasteiger partial charge in [-0.1, -0.05) is 0 Å². The average molecular weight is 295 g/mol. The third-order valence-corrected chi connectivity index (χ3v) is 4.24. The standard InChI is InChI=1S/C17H17N3O2/c1-22-15-6-4-12-5-7-17(21)19(16(12)10-15)11-13-9-14-3-2-8-20(14)18-13/h4-7,9-10H,2-3,8,11H2,1H3. The maximum Gasteiger partial charge on any atom is 0.251 e. The maximum atomic E-state index is 12.3. The van der Waals surface area contributed by atoms with Crippen LogP contribution in [0.3, 0.4) is 0 Å². The van der Waals surface area contributed by atoms with Gasteiger partial charge in [0.05, 0.1) is 24.9 Å². The minimum absolute atomic E-state index is 0.0195. The second-order valence-electron chi connectivity index (χ2n) is 5.64. The molecule has 0 fully saturated rings. The number of fused-ring (bicyclic) bond motifs is 2. The van der Waals surface area contributed by atoms with Crippen LogP contribution in [-0.4, -0.2) is 21.5 Å². The molecule has 5 nitrogen and oxygen atoms in total. The molecule has 5 heteroatoms. The summed E-state index contributed by atoms with van der Waals surface area (Å²) in [4.78, 5) is 12.3. The Bertz CT molecular complexity index is 886. The molecule has 1 aliphatic heterocycles. The number of pyridine rings is 1. The second kappa shape index (κ2) is 5.02. The number of benzene rings is 1. The number of hydrogen-bond acceptors (Lipinski definition) is 3. The molecule has 112 valence electrons. The Labute approximate surface area is 127 Å². The highest BCUT2D eigenvalue weighted by molar-refractivity contribution is 5.80. The highest BCUT2D eigenvalue weighted by atomic mass is 16.5. The number of ether oxygens (including phenoxy) is 1. The molecule has 0 spiro atoms. The Morgan fingerprint density at radius 3 is 2.91 bits per heavy atom. The quantitative estimate of drug-likeness (QED) is 0.744. The Morgan fingerprint density at radius 2 is 2.09 bits per heavy atom. The minimum atomic E-state index is -0.0195. The van der Waals surface area contributed by atoms with E-state index in [0.717, 1.165) is 41.7 Å². The van der Waals surface area contributed by atoms with Gasteiger partial charge in [0.2, 0.25) is 0 Å². The average Bonchev–Trinajstić information content (AvgIpc) is 3.11. The van der Waals surface area contributed by atoms with Crippen molar-refractivity contribution < 1.29 is 4.74 Å². The molecule has 0 amide bonds. The maximum absolute atomic E-state index is 12.3. The number of rotatable bonds is 3. The van der Waals surface area contributed by atoms with E-state index in [0.29, 0.717) is 6.54 Å². The van der Waals surface area contributed by atoms with E-state index in [1.54, 1.807) is 17.7 Å². The van der Waals surface area contributed by atoms with Crippen molar-refractivity contribution in [2.24, 2.45) is 0 Å². The Hall–Kier alpha value is -2.56. The van der Waals surface area contributed by atoms with Crippen LogP contribution in [0.4, 0.5) is 0 Å². The third-order valence-electron chi connectivity index (χ3n) is 4.24. The molecule has 4 rings (SSSR count). The van der Waals surface area contributed by atoms with Gasteiger partial charge in [-0.05, 0) is 42.5 Å². The molecule has 0 bridgehead atoms. The molecule has 0 saturated heterocycles. The van der Waals surface area contributed by atoms with Crippen molar-refractivity contribution in [3.63, 3.8) is 0 Å². The van der Waals surface area contributed by atoms with Gasteiger partial charge in [-0.25, -0.2) is 0 Å². The summed E-state index contributed by atoms with van der Waals surface area (Å²) in [5.41, 5.74) is 3.06. The normalized spacial score (nSPS) is 13.5. The predicted octanol–water partition coefficient (Wildman–Crippen LogP) is 2.20. The second-order valence-corrected chi connectivity index (χ2v) is 5.64. The van der Waals surface area contributed by atoms with Crippen molar-refractivity contribution >= 4 is 10.9 Å². The third kappa shape index (κ3) is 2.09. The van der Waals surface area contributed by atoms with E-state index in [2.05, 4.69) is 11.2 Å². The van der Waals surface area contributed by atoms with E-state index in [9.17, 15) is 4.79 Å². The minimum Gasteiger partial charge on any atom is -0.497 e. The highest BCUT2D eigenvalue weighted by Gasteiger charge is 2.14. The molecule has 22 heavy (non-hydrogen) atoms. The first-order valence-corrected chi connectivity index (χ1v) is 7.48. The summed E-state index contributed by atoms with van der Waals surface area (Å²) in [5, 5.41) is 5.62. The van der Waals surface area contributed by atoms with E-state index in [-0.39, 0.29) is 5.56 Å². The molecule has 0 N–H and O–H groups in total. The van der Waals surface area contributed by atoms with Gasteiger partial charge in [-0.2, -0.15) is 5.10 Å². The topological polar surface area (TPSA) is 49.0 Å². The van der Waals surface area contributed by atoms with Crippen LogP contribution in [0.25, 0.3) is 10.9 Å². The van der Waals surface area contributed by atoms with Crippen LogP contribution in [0.5, 0.6) is 5.75 Å². The van der Waals surface area contributed by atoms with Crippen LogP contribution in [0.1, 0.15) is 17.8 Å². The van der Waals surface area contributed by atoms with Gasteiger partial charge in [0, 0.05) is 24.4 Å². The largest absolute Gasteiger partial charge is 0.497 e. The molecule has 3 heterocycles. The summed E-state index contributed by atoms with van der Waals surface area (Å²) in [6.07, 6.45) is 2.24. The fourth-order valence-corrected chi connectivity index (χ4v) is 3.12. The highest BCUT2D eigenvalue weighted by Crippen LogP contribution is 2.21. The summed E-state index contributed by atoms with van der Waals surface area (Å²) in [6, 6.07) is 11.3. The van der Waals surface area contributed by atoms with Gasteiger partial charge in [-0.3, -0.25) is 9.48 Å². The summed E-state index contributed by atoms with van der Waals surface area (Å²) < 4.78 is 9.09. The van der Waals surface area contributed by atoms with Crippen molar-refractivity contribution in [2.45, 2.75) is 25.9 Å². The van der Waals surface area contributed by atoms with Gasteiger partial charge in [0.15, 0.2) is 0 Å². The molecule has 1 aromatic carbocycles. The predicted molar refractivity (Wildman–Crippen MR) is 84.4 cm³/mol. The van der Waals surface area contributed by atoms with Gasteiger partial charge in [0.25, 0.3) is 5.56 Å². The number of methoxy groups -OCH3 is 1. The van der Waals surface area contributed by atoms with Crippen molar-refractivity contribution in [3.05, 3.63) is 58.1 Å². The molecule has 1 aliphatic rings. The van der Waals surface area contributed by atoms with Crippen LogP contribution >= 0.6 is 0 Å². The molecule has 0 radical (unpaired) electrons. The lowest BCUT2D eigenvalue weighted by Crippen LogP contribution is -2.20. The smallest absolute Gasteiger partial charge is 0.251 e. The lowest BCUT2D eigenvalue weighted by atomic mass is 10.2. The van der Waals surface area contributed by atoms with Gasteiger partial charge >= 0.3 is 0 Å². The molecule has 2 aromatic heterocycles. The Kier molecular flexibility index (Phi) is 2.99. The van der Waals surface area contributed by atoms with Crippen LogP contribution in [-0.2, 0) is 19.5 Å². The van der Waals surface area contributed by atoms with Crippen molar-refractivity contribution in [1.29, 1.82) is 0 Å². The zero-order valence-corrected chi connectivity index (χ0v) is 12.5. The summed E-state index contributed by atoms with van der Waals surface area (Å²) in [5.74, 6) is 0.749. The fraction of sp³-hybridized carbons (Fsp3) is 0.294. The van der Waals surface area contributed by atoms with E-state index in [4.69, 9.17) is 4.74 Å². The molecule has 0 atom stereocenters. The van der Waals surface area contributed by atoms with Crippen LogP contribution < -0.4 is 10.3 Å². The number of aromatic nitrogens is 3. The van der Waals surface area contributed by atoms with Crippen LogP contribution in [0.15, 0.2) is 41.2 Å². The number of nitrogens with zero attached hydrogens (tertiary/aromatic N) is 3. The summed E-state index contributed by atoms with van der Waals surface area (Å²) in [6.45, 7) is 1.47. The molecule has 0 unspecified atom stereocenters. The molecular weight excluding hydrogens is 278 g/mol. The zero-order valence-electron chi connectivity index (χ0n) is 12.5. The van der Waals surface area contributed by atoms with E-state index < -0.39 is 0 Å². The van der Waals surface area contributed by atoms with Crippen LogP contribution in [0, 0.1) is 0 Å². The zero-order chi connectivity index (χ0) is 15.1. The van der Waals surface area contributed by atoms with Gasteiger partial charge in [-0.15, -0.1) is 0 Å². The van der Waals surface area contributed by atoms with E-state index in [1.165, 1.54) is 5.69 Å². The lowest BCUT2D eigenvalue weighted by Gasteiger charge is -2.10. The summed E-state index contributed by atoms with van der Waals surface area (Å²) >= 11 is 0. The lowest BCUT2D eigenvalue weighted by molar-refractivity contribution is 0.415. The fourth-order valence-electron chi connectivity index (χ4n) is 3.12. The van der Waals surface area contributed by atoms with Gasteiger partial charge < -0.3 is 9.30 Å². The first kappa shape index (κ1) is 13.1. The molecule has 3 aromatic rings. The first-order chi connectivity index (χ1) is 10.7. The van der Waals surface area contributed by atoms with Crippen molar-refractivity contribution in [3.8, 4) is 5.75 Å². The molecular formula is C17H17N3O2. The molecule has 0 aliphatic carbocycles. The van der Waals surface area contributed by atoms with Crippen molar-refractivity contribution in [2.75, 3.05) is 7.11 Å². The van der Waals surface area contributed by atoms with E-state index in [1.807, 2.05) is 28.9 Å². The first-order valence-electron chi connectivity index (χ1n) is 7.48.